The van der Waals surface area contributed by atoms with Crippen LogP contribution in [0.4, 0.5) is 0 Å². The first kappa shape index (κ1) is 24.0. The molecule has 0 saturated heterocycles. The van der Waals surface area contributed by atoms with Gasteiger partial charge in [-0.25, -0.2) is 0 Å². The van der Waals surface area contributed by atoms with Gasteiger partial charge in [0.1, 0.15) is 6.04 Å². The van der Waals surface area contributed by atoms with Gasteiger partial charge in [-0.05, 0) is 60.8 Å². The Morgan fingerprint density at radius 3 is 2.38 bits per heavy atom. The average Bonchev–Trinajstić information content (AvgIpc) is 2.78. The Labute approximate surface area is 190 Å². The summed E-state index contributed by atoms with van der Waals surface area (Å²) in [6.45, 7) is 3.90. The second-order valence-corrected chi connectivity index (χ2v) is 9.02. The van der Waals surface area contributed by atoms with E-state index in [4.69, 9.17) is 0 Å². The molecule has 2 aromatic rings. The fourth-order valence-electron chi connectivity index (χ4n) is 4.34. The normalized spacial score (nSPS) is 14.9. The van der Waals surface area contributed by atoms with Gasteiger partial charge in [0.2, 0.25) is 5.91 Å². The van der Waals surface area contributed by atoms with Crippen LogP contribution in [0.15, 0.2) is 48.5 Å². The number of fused-ring (bicyclic) bond motifs is 1. The molecule has 0 saturated carbocycles. The van der Waals surface area contributed by atoms with Crippen LogP contribution in [0.3, 0.4) is 0 Å². The molecular formula is C25H33BN2O4. The van der Waals surface area contributed by atoms with Crippen LogP contribution in [0.2, 0.25) is 0 Å². The lowest BCUT2D eigenvalue weighted by molar-refractivity contribution is -0.123. The monoisotopic (exact) mass is 436 g/mol. The van der Waals surface area contributed by atoms with Crippen LogP contribution in [0.1, 0.15) is 60.2 Å². The molecule has 7 heteroatoms. The van der Waals surface area contributed by atoms with E-state index >= 15 is 0 Å². The third-order valence-electron chi connectivity index (χ3n) is 5.96. The lowest BCUT2D eigenvalue weighted by atomic mass is 9.75. The molecule has 0 unspecified atom stereocenters. The van der Waals surface area contributed by atoms with Gasteiger partial charge in [-0.15, -0.1) is 0 Å². The van der Waals surface area contributed by atoms with Crippen LogP contribution in [0.5, 0.6) is 0 Å². The van der Waals surface area contributed by atoms with Gasteiger partial charge < -0.3 is 20.7 Å². The fourth-order valence-corrected chi connectivity index (χ4v) is 4.34. The van der Waals surface area contributed by atoms with Crippen LogP contribution >= 0.6 is 0 Å². The van der Waals surface area contributed by atoms with Crippen LogP contribution in [0, 0.1) is 5.92 Å². The predicted molar refractivity (Wildman–Crippen MR) is 126 cm³/mol. The molecule has 0 aliphatic heterocycles. The summed E-state index contributed by atoms with van der Waals surface area (Å²) in [4.78, 5) is 26.4. The van der Waals surface area contributed by atoms with Crippen molar-refractivity contribution in [3.63, 3.8) is 0 Å². The number of aryl methyl sites for hydroxylation is 1. The second kappa shape index (κ2) is 11.3. The molecule has 4 N–H and O–H groups in total. The predicted octanol–water partition coefficient (Wildman–Crippen LogP) is 2.45. The number of hydrogen-bond donors (Lipinski definition) is 4. The minimum atomic E-state index is -1.67. The Kier molecular flexibility index (Phi) is 8.48. The molecule has 0 bridgehead atoms. The Balaban J connectivity index is 1.81. The molecule has 0 radical (unpaired) electrons. The number of carbonyl (C=O) groups excluding carboxylic acids is 2. The molecule has 1 aliphatic carbocycles. The zero-order valence-corrected chi connectivity index (χ0v) is 18.9. The van der Waals surface area contributed by atoms with Crippen LogP contribution in [-0.4, -0.2) is 41.0 Å². The standard InChI is InChI=1S/C25H33BN2O4/c1-17(2)15-23(26(31)32)28-25(30)22(16-18-9-4-3-5-10-18)27-24(29)21-14-8-12-19-11-6-7-13-20(19)21/h3-5,8-10,12,14,17,22-23,31-32H,6-7,11,13,15-16H2,1-2H3,(H,27,29)(H,28,30)/t22-,23+/m0/s1. The molecule has 0 spiro atoms. The SMILES string of the molecule is CC(C)C[C@@H](NC(=O)[C@H](Cc1ccccc1)NC(=O)c1cccc2c1CCCC2)B(O)O. The molecule has 2 amide bonds. The van der Waals surface area contributed by atoms with Crippen molar-refractivity contribution < 1.29 is 19.6 Å². The number of amides is 2. The molecule has 1 aliphatic rings. The topological polar surface area (TPSA) is 98.7 Å². The van der Waals surface area contributed by atoms with E-state index in [1.165, 1.54) is 5.56 Å². The van der Waals surface area contributed by atoms with E-state index in [2.05, 4.69) is 16.7 Å². The second-order valence-electron chi connectivity index (χ2n) is 9.02. The molecular weight excluding hydrogens is 403 g/mol. The van der Waals surface area contributed by atoms with Crippen molar-refractivity contribution >= 4 is 18.9 Å². The van der Waals surface area contributed by atoms with Crippen LogP contribution < -0.4 is 10.6 Å². The zero-order valence-electron chi connectivity index (χ0n) is 18.9. The molecule has 0 aromatic heterocycles. The summed E-state index contributed by atoms with van der Waals surface area (Å²) < 4.78 is 0. The van der Waals surface area contributed by atoms with Crippen LogP contribution in [0.25, 0.3) is 0 Å². The van der Waals surface area contributed by atoms with Gasteiger partial charge >= 0.3 is 7.12 Å². The molecule has 6 nitrogen and oxygen atoms in total. The van der Waals surface area contributed by atoms with E-state index in [0.717, 1.165) is 36.8 Å². The van der Waals surface area contributed by atoms with E-state index in [1.807, 2.05) is 56.3 Å². The lowest BCUT2D eigenvalue weighted by Gasteiger charge is -2.25. The van der Waals surface area contributed by atoms with Crippen molar-refractivity contribution in [2.45, 2.75) is 64.4 Å². The maximum absolute atomic E-state index is 13.2. The van der Waals surface area contributed by atoms with Crippen molar-refractivity contribution in [3.8, 4) is 0 Å². The largest absolute Gasteiger partial charge is 0.475 e. The van der Waals surface area contributed by atoms with Crippen LogP contribution in [-0.2, 0) is 24.1 Å². The molecule has 0 fully saturated rings. The Morgan fingerprint density at radius 1 is 0.969 bits per heavy atom. The zero-order chi connectivity index (χ0) is 23.1. The highest BCUT2D eigenvalue weighted by molar-refractivity contribution is 6.43. The van der Waals surface area contributed by atoms with E-state index in [9.17, 15) is 19.6 Å². The van der Waals surface area contributed by atoms with Gasteiger partial charge in [-0.3, -0.25) is 9.59 Å². The third-order valence-corrected chi connectivity index (χ3v) is 5.96. The van der Waals surface area contributed by atoms with Gasteiger partial charge in [0.25, 0.3) is 5.91 Å². The fraction of sp³-hybridized carbons (Fsp3) is 0.440. The summed E-state index contributed by atoms with van der Waals surface area (Å²) in [7, 11) is -1.67. The van der Waals surface area contributed by atoms with E-state index in [0.29, 0.717) is 18.4 Å². The minimum absolute atomic E-state index is 0.167. The first-order chi connectivity index (χ1) is 15.3. The molecule has 2 atom stereocenters. The molecule has 0 heterocycles. The quantitative estimate of drug-likeness (QED) is 0.454. The van der Waals surface area contributed by atoms with Crippen molar-refractivity contribution in [3.05, 3.63) is 70.8 Å². The van der Waals surface area contributed by atoms with Gasteiger partial charge in [0.05, 0.1) is 5.94 Å². The Morgan fingerprint density at radius 2 is 1.69 bits per heavy atom. The molecule has 3 rings (SSSR count). The number of nitrogens with one attached hydrogen (secondary N) is 2. The van der Waals surface area contributed by atoms with Gasteiger partial charge in [0, 0.05) is 12.0 Å². The lowest BCUT2D eigenvalue weighted by Crippen LogP contribution is -2.55. The average molecular weight is 436 g/mol. The summed E-state index contributed by atoms with van der Waals surface area (Å²) in [5, 5.41) is 25.1. The summed E-state index contributed by atoms with van der Waals surface area (Å²) in [5.74, 6) is -1.34. The summed E-state index contributed by atoms with van der Waals surface area (Å²) in [6, 6.07) is 14.4. The highest BCUT2D eigenvalue weighted by Crippen LogP contribution is 2.24. The maximum Gasteiger partial charge on any atom is 0.475 e. The Bertz CT molecular complexity index is 917. The van der Waals surface area contributed by atoms with Crippen molar-refractivity contribution in [2.75, 3.05) is 0 Å². The molecule has 2 aromatic carbocycles. The first-order valence-electron chi connectivity index (χ1n) is 11.5. The Hall–Kier alpha value is -2.64. The minimum Gasteiger partial charge on any atom is -0.426 e. The van der Waals surface area contributed by atoms with E-state index in [-0.39, 0.29) is 11.8 Å². The smallest absolute Gasteiger partial charge is 0.426 e. The molecule has 170 valence electrons. The van der Waals surface area contributed by atoms with Crippen molar-refractivity contribution in [2.24, 2.45) is 5.92 Å². The first-order valence-corrected chi connectivity index (χ1v) is 11.5. The van der Waals surface area contributed by atoms with Gasteiger partial charge in [-0.2, -0.15) is 0 Å². The maximum atomic E-state index is 13.2. The molecule has 32 heavy (non-hydrogen) atoms. The summed E-state index contributed by atoms with van der Waals surface area (Å²) in [6.07, 6.45) is 4.73. The summed E-state index contributed by atoms with van der Waals surface area (Å²) >= 11 is 0. The number of hydrogen-bond acceptors (Lipinski definition) is 4. The van der Waals surface area contributed by atoms with Gasteiger partial charge in [-0.1, -0.05) is 56.3 Å². The number of benzene rings is 2. The van der Waals surface area contributed by atoms with Gasteiger partial charge in [0.15, 0.2) is 0 Å². The number of rotatable bonds is 9. The highest BCUT2D eigenvalue weighted by atomic mass is 16.4. The third kappa shape index (κ3) is 6.44. The van der Waals surface area contributed by atoms with Crippen molar-refractivity contribution in [1.82, 2.24) is 10.6 Å². The van der Waals surface area contributed by atoms with Crippen molar-refractivity contribution in [1.29, 1.82) is 0 Å². The summed E-state index contributed by atoms with van der Waals surface area (Å²) in [5.41, 5.74) is 3.80. The van der Waals surface area contributed by atoms with E-state index in [1.54, 1.807) is 0 Å². The number of carbonyl (C=O) groups is 2. The van der Waals surface area contributed by atoms with E-state index < -0.39 is 25.0 Å². The highest BCUT2D eigenvalue weighted by Gasteiger charge is 2.30.